The topological polar surface area (TPSA) is 141 Å². The Bertz CT molecular complexity index is 618. The summed E-state index contributed by atoms with van der Waals surface area (Å²) in [7, 11) is 0. The van der Waals surface area contributed by atoms with Crippen molar-refractivity contribution in [1.82, 2.24) is 0 Å². The van der Waals surface area contributed by atoms with Crippen molar-refractivity contribution in [1.29, 1.82) is 0 Å². The number of rotatable bonds is 5. The van der Waals surface area contributed by atoms with Crippen molar-refractivity contribution in [2.24, 2.45) is 0 Å². The first-order valence-corrected chi connectivity index (χ1v) is 5.14. The average molecular weight is 279 g/mol. The van der Waals surface area contributed by atoms with E-state index in [4.69, 9.17) is 15.3 Å². The van der Waals surface area contributed by atoms with Crippen molar-refractivity contribution in [2.75, 3.05) is 5.32 Å². The lowest BCUT2D eigenvalue weighted by Gasteiger charge is -2.07. The monoisotopic (exact) mass is 279 g/mol. The van der Waals surface area contributed by atoms with Crippen LogP contribution < -0.4 is 5.32 Å². The molecule has 0 bridgehead atoms. The molecule has 8 nitrogen and oxygen atoms in total. The molecule has 8 heteroatoms. The Morgan fingerprint density at radius 1 is 0.950 bits per heavy atom. The predicted octanol–water partition coefficient (Wildman–Crippen LogP) is 0.662. The SMILES string of the molecule is O=C(O)/C=C\C(=O)Nc1cc(C(=O)O)ccc1C(=O)O. The highest BCUT2D eigenvalue weighted by atomic mass is 16.4. The van der Waals surface area contributed by atoms with Gasteiger partial charge in [0.2, 0.25) is 5.91 Å². The van der Waals surface area contributed by atoms with Crippen LogP contribution in [0.25, 0.3) is 0 Å². The molecule has 1 aromatic carbocycles. The van der Waals surface area contributed by atoms with Crippen LogP contribution >= 0.6 is 0 Å². The van der Waals surface area contributed by atoms with Gasteiger partial charge in [0.1, 0.15) is 0 Å². The molecule has 0 fully saturated rings. The van der Waals surface area contributed by atoms with Gasteiger partial charge in [-0.15, -0.1) is 0 Å². The number of carbonyl (C=O) groups is 4. The maximum atomic E-state index is 11.4. The number of hydrogen-bond acceptors (Lipinski definition) is 4. The van der Waals surface area contributed by atoms with E-state index >= 15 is 0 Å². The first-order chi connectivity index (χ1) is 9.31. The van der Waals surface area contributed by atoms with Gasteiger partial charge < -0.3 is 20.6 Å². The Kier molecular flexibility index (Phi) is 4.57. The van der Waals surface area contributed by atoms with Crippen molar-refractivity contribution >= 4 is 29.5 Å². The van der Waals surface area contributed by atoms with Crippen molar-refractivity contribution in [3.63, 3.8) is 0 Å². The predicted molar refractivity (Wildman–Crippen MR) is 65.8 cm³/mol. The molecular formula is C12H9NO7. The number of hydrogen-bond donors (Lipinski definition) is 4. The molecule has 0 heterocycles. The number of benzene rings is 1. The second-order valence-electron chi connectivity index (χ2n) is 3.53. The van der Waals surface area contributed by atoms with Gasteiger partial charge in [-0.3, -0.25) is 4.79 Å². The molecule has 0 radical (unpaired) electrons. The van der Waals surface area contributed by atoms with Gasteiger partial charge in [0, 0.05) is 12.2 Å². The highest BCUT2D eigenvalue weighted by Gasteiger charge is 2.14. The second kappa shape index (κ2) is 6.14. The number of aromatic carboxylic acids is 2. The molecule has 20 heavy (non-hydrogen) atoms. The molecule has 1 rings (SSSR count). The number of carboxylic acid groups (broad SMARTS) is 3. The molecule has 1 amide bonds. The third kappa shape index (κ3) is 3.95. The summed E-state index contributed by atoms with van der Waals surface area (Å²) in [4.78, 5) is 43.3. The third-order valence-electron chi connectivity index (χ3n) is 2.13. The van der Waals surface area contributed by atoms with Crippen molar-refractivity contribution < 1.29 is 34.5 Å². The highest BCUT2D eigenvalue weighted by Crippen LogP contribution is 2.18. The van der Waals surface area contributed by atoms with E-state index in [2.05, 4.69) is 5.32 Å². The van der Waals surface area contributed by atoms with Crippen LogP contribution in [-0.4, -0.2) is 39.1 Å². The number of aliphatic carboxylic acids is 1. The summed E-state index contributed by atoms with van der Waals surface area (Å²) >= 11 is 0. The average Bonchev–Trinajstić information content (AvgIpc) is 2.35. The summed E-state index contributed by atoms with van der Waals surface area (Å²) < 4.78 is 0. The van der Waals surface area contributed by atoms with Gasteiger partial charge in [0.05, 0.1) is 16.8 Å². The van der Waals surface area contributed by atoms with Crippen LogP contribution in [0.1, 0.15) is 20.7 Å². The van der Waals surface area contributed by atoms with E-state index < -0.39 is 23.8 Å². The molecule has 0 aliphatic carbocycles. The second-order valence-corrected chi connectivity index (χ2v) is 3.53. The Hall–Kier alpha value is -3.16. The van der Waals surface area contributed by atoms with E-state index in [9.17, 15) is 19.2 Å². The molecule has 4 N–H and O–H groups in total. The van der Waals surface area contributed by atoms with Crippen LogP contribution in [0.3, 0.4) is 0 Å². The van der Waals surface area contributed by atoms with Crippen molar-refractivity contribution in [3.8, 4) is 0 Å². The van der Waals surface area contributed by atoms with Gasteiger partial charge in [0.15, 0.2) is 0 Å². The number of carboxylic acids is 3. The Morgan fingerprint density at radius 3 is 2.10 bits per heavy atom. The van der Waals surface area contributed by atoms with E-state index in [0.29, 0.717) is 12.2 Å². The first-order valence-electron chi connectivity index (χ1n) is 5.14. The molecule has 0 aliphatic heterocycles. The first kappa shape index (κ1) is 14.9. The smallest absolute Gasteiger partial charge is 0.337 e. The van der Waals surface area contributed by atoms with Crippen molar-refractivity contribution in [2.45, 2.75) is 0 Å². The van der Waals surface area contributed by atoms with Crippen LogP contribution in [0.2, 0.25) is 0 Å². The molecule has 0 atom stereocenters. The van der Waals surface area contributed by atoms with Gasteiger partial charge in [-0.2, -0.15) is 0 Å². The molecule has 104 valence electrons. The fraction of sp³-hybridized carbons (Fsp3) is 0. The van der Waals surface area contributed by atoms with E-state index in [1.165, 1.54) is 0 Å². The quantitative estimate of drug-likeness (QED) is 0.580. The normalized spacial score (nSPS) is 10.2. The van der Waals surface area contributed by atoms with Gasteiger partial charge in [0.25, 0.3) is 0 Å². The number of nitrogens with one attached hydrogen (secondary N) is 1. The lowest BCUT2D eigenvalue weighted by Crippen LogP contribution is -2.13. The minimum Gasteiger partial charge on any atom is -0.478 e. The summed E-state index contributed by atoms with van der Waals surface area (Å²) in [6.45, 7) is 0. The maximum Gasteiger partial charge on any atom is 0.337 e. The molecule has 0 saturated heterocycles. The largest absolute Gasteiger partial charge is 0.478 e. The van der Waals surface area contributed by atoms with Crippen LogP contribution in [0.5, 0.6) is 0 Å². The summed E-state index contributed by atoms with van der Waals surface area (Å²) in [6, 6.07) is 3.08. The molecular weight excluding hydrogens is 270 g/mol. The Labute approximate surface area is 112 Å². The molecule has 0 saturated carbocycles. The zero-order chi connectivity index (χ0) is 15.3. The van der Waals surface area contributed by atoms with Gasteiger partial charge >= 0.3 is 17.9 Å². The van der Waals surface area contributed by atoms with E-state index in [0.717, 1.165) is 18.2 Å². The van der Waals surface area contributed by atoms with Crippen LogP contribution in [0, 0.1) is 0 Å². The van der Waals surface area contributed by atoms with E-state index in [1.807, 2.05) is 0 Å². The van der Waals surface area contributed by atoms with E-state index in [-0.39, 0.29) is 16.8 Å². The number of anilines is 1. The standard InChI is InChI=1S/C12H9NO7/c14-9(3-4-10(15)16)13-8-5-6(11(17)18)1-2-7(8)12(19)20/h1-5H,(H,13,14)(H,15,16)(H,17,18)(H,19,20)/b4-3-. The summed E-state index contributed by atoms with van der Waals surface area (Å²) in [5, 5.41) is 28.2. The molecule has 0 aromatic heterocycles. The van der Waals surface area contributed by atoms with Crippen LogP contribution in [-0.2, 0) is 9.59 Å². The van der Waals surface area contributed by atoms with Crippen molar-refractivity contribution in [3.05, 3.63) is 41.5 Å². The zero-order valence-corrected chi connectivity index (χ0v) is 9.86. The minimum atomic E-state index is -1.36. The minimum absolute atomic E-state index is 0.215. The fourth-order valence-electron chi connectivity index (χ4n) is 1.29. The summed E-state index contributed by atoms with van der Waals surface area (Å²) in [5.41, 5.74) is -0.767. The molecule has 0 aliphatic rings. The lowest BCUT2D eigenvalue weighted by atomic mass is 10.1. The summed E-state index contributed by atoms with van der Waals surface area (Å²) in [6.07, 6.45) is 1.25. The third-order valence-corrected chi connectivity index (χ3v) is 2.13. The van der Waals surface area contributed by atoms with Crippen LogP contribution in [0.4, 0.5) is 5.69 Å². The Morgan fingerprint density at radius 2 is 1.60 bits per heavy atom. The Balaban J connectivity index is 3.10. The zero-order valence-electron chi connectivity index (χ0n) is 9.86. The number of amides is 1. The highest BCUT2D eigenvalue weighted by molar-refractivity contribution is 6.07. The maximum absolute atomic E-state index is 11.4. The fourth-order valence-corrected chi connectivity index (χ4v) is 1.29. The summed E-state index contributed by atoms with van der Waals surface area (Å²) in [5.74, 6) is -4.90. The molecule has 0 spiro atoms. The molecule has 1 aromatic rings. The van der Waals surface area contributed by atoms with Crippen LogP contribution in [0.15, 0.2) is 30.4 Å². The lowest BCUT2D eigenvalue weighted by molar-refractivity contribution is -0.131. The van der Waals surface area contributed by atoms with E-state index in [1.54, 1.807) is 0 Å². The van der Waals surface area contributed by atoms with Gasteiger partial charge in [-0.1, -0.05) is 0 Å². The molecule has 0 unspecified atom stereocenters. The number of carbonyl (C=O) groups excluding carboxylic acids is 1. The van der Waals surface area contributed by atoms with Gasteiger partial charge in [-0.05, 0) is 18.2 Å². The van der Waals surface area contributed by atoms with Gasteiger partial charge in [-0.25, -0.2) is 14.4 Å².